The van der Waals surface area contributed by atoms with Gasteiger partial charge in [-0.25, -0.2) is 0 Å². The van der Waals surface area contributed by atoms with Crippen LogP contribution >= 0.6 is 15.9 Å². The lowest BCUT2D eigenvalue weighted by molar-refractivity contribution is -0.125. The number of halogens is 1. The van der Waals surface area contributed by atoms with E-state index in [9.17, 15) is 4.79 Å². The van der Waals surface area contributed by atoms with Crippen LogP contribution in [0.4, 0.5) is 0 Å². The van der Waals surface area contributed by atoms with Crippen molar-refractivity contribution in [2.24, 2.45) is 0 Å². The van der Waals surface area contributed by atoms with E-state index in [1.807, 2.05) is 0 Å². The van der Waals surface area contributed by atoms with Gasteiger partial charge in [0, 0.05) is 6.54 Å². The van der Waals surface area contributed by atoms with Crippen LogP contribution < -0.4 is 5.32 Å². The Morgan fingerprint density at radius 1 is 1.75 bits per heavy atom. The van der Waals surface area contributed by atoms with Crippen molar-refractivity contribution in [2.45, 2.75) is 36.6 Å². The van der Waals surface area contributed by atoms with Crippen molar-refractivity contribution in [1.82, 2.24) is 5.32 Å². The number of alkyl halides is 1. The standard InChI is InChI=1S/C8H14BrNO2/c1-6(11)5-10-7(12)8(9)3-2-4-8/h6,11H,2-5H2,1H3,(H,10,12)/t6-/m1/s1. The minimum Gasteiger partial charge on any atom is -0.392 e. The molecule has 0 radical (unpaired) electrons. The number of carbonyl (C=O) groups is 1. The molecule has 0 spiro atoms. The molecule has 1 atom stereocenters. The molecule has 1 fully saturated rings. The second-order valence-corrected chi connectivity index (χ2v) is 4.90. The van der Waals surface area contributed by atoms with Gasteiger partial charge < -0.3 is 10.4 Å². The number of rotatable bonds is 3. The first-order valence-corrected chi connectivity index (χ1v) is 4.99. The third-order valence-electron chi connectivity index (χ3n) is 2.11. The number of aliphatic hydroxyl groups is 1. The molecule has 1 rings (SSSR count). The number of hydrogen-bond donors (Lipinski definition) is 2. The molecule has 1 aliphatic carbocycles. The van der Waals surface area contributed by atoms with Gasteiger partial charge in [-0.05, 0) is 26.2 Å². The largest absolute Gasteiger partial charge is 0.392 e. The molecule has 2 N–H and O–H groups in total. The Kier molecular flexibility index (Phi) is 3.12. The van der Waals surface area contributed by atoms with E-state index in [1.54, 1.807) is 6.92 Å². The zero-order valence-electron chi connectivity index (χ0n) is 7.14. The van der Waals surface area contributed by atoms with Crippen molar-refractivity contribution in [1.29, 1.82) is 0 Å². The van der Waals surface area contributed by atoms with Crippen molar-refractivity contribution in [2.75, 3.05) is 6.54 Å². The van der Waals surface area contributed by atoms with Crippen molar-refractivity contribution in [3.8, 4) is 0 Å². The zero-order valence-corrected chi connectivity index (χ0v) is 8.73. The Balaban J connectivity index is 2.28. The van der Waals surface area contributed by atoms with E-state index >= 15 is 0 Å². The highest BCUT2D eigenvalue weighted by molar-refractivity contribution is 9.10. The van der Waals surface area contributed by atoms with E-state index < -0.39 is 6.10 Å². The summed E-state index contributed by atoms with van der Waals surface area (Å²) < 4.78 is -0.331. The highest BCUT2D eigenvalue weighted by atomic mass is 79.9. The SMILES string of the molecule is C[C@@H](O)CNC(=O)C1(Br)CCC1. The van der Waals surface area contributed by atoms with Crippen molar-refractivity contribution in [3.63, 3.8) is 0 Å². The van der Waals surface area contributed by atoms with Crippen molar-refractivity contribution in [3.05, 3.63) is 0 Å². The Hall–Kier alpha value is -0.0900. The molecular weight excluding hydrogens is 222 g/mol. The summed E-state index contributed by atoms with van der Waals surface area (Å²) in [7, 11) is 0. The van der Waals surface area contributed by atoms with Crippen LogP contribution in [0.25, 0.3) is 0 Å². The lowest BCUT2D eigenvalue weighted by Gasteiger charge is -2.34. The first-order chi connectivity index (χ1) is 5.54. The quantitative estimate of drug-likeness (QED) is 0.712. The van der Waals surface area contributed by atoms with Gasteiger partial charge in [0.2, 0.25) is 5.91 Å². The summed E-state index contributed by atoms with van der Waals surface area (Å²) in [6, 6.07) is 0. The molecule has 1 aliphatic rings. The number of nitrogens with one attached hydrogen (secondary N) is 1. The smallest absolute Gasteiger partial charge is 0.236 e. The van der Waals surface area contributed by atoms with Gasteiger partial charge in [-0.3, -0.25) is 4.79 Å². The van der Waals surface area contributed by atoms with Crippen LogP contribution in [-0.2, 0) is 4.79 Å². The molecular formula is C8H14BrNO2. The fourth-order valence-electron chi connectivity index (χ4n) is 1.11. The van der Waals surface area contributed by atoms with Gasteiger partial charge in [0.05, 0.1) is 6.10 Å². The Morgan fingerprint density at radius 2 is 2.33 bits per heavy atom. The number of carbonyl (C=O) groups excluding carboxylic acids is 1. The molecule has 1 saturated carbocycles. The van der Waals surface area contributed by atoms with Gasteiger partial charge in [-0.2, -0.15) is 0 Å². The van der Waals surface area contributed by atoms with Gasteiger partial charge in [-0.15, -0.1) is 0 Å². The lowest BCUT2D eigenvalue weighted by Crippen LogP contribution is -2.48. The summed E-state index contributed by atoms with van der Waals surface area (Å²) in [6.07, 6.45) is 2.44. The molecule has 0 aromatic carbocycles. The van der Waals surface area contributed by atoms with Crippen LogP contribution in [0.2, 0.25) is 0 Å². The van der Waals surface area contributed by atoms with Crippen LogP contribution in [0.15, 0.2) is 0 Å². The topological polar surface area (TPSA) is 49.3 Å². The summed E-state index contributed by atoms with van der Waals surface area (Å²) >= 11 is 3.39. The molecule has 0 aromatic heterocycles. The molecule has 0 saturated heterocycles. The predicted molar refractivity (Wildman–Crippen MR) is 50.2 cm³/mol. The monoisotopic (exact) mass is 235 g/mol. The average molecular weight is 236 g/mol. The van der Waals surface area contributed by atoms with E-state index in [0.717, 1.165) is 19.3 Å². The Labute approximate surface area is 80.7 Å². The third kappa shape index (κ3) is 2.20. The average Bonchev–Trinajstić information content (AvgIpc) is 1.95. The van der Waals surface area contributed by atoms with Gasteiger partial charge >= 0.3 is 0 Å². The number of aliphatic hydroxyl groups excluding tert-OH is 1. The highest BCUT2D eigenvalue weighted by Crippen LogP contribution is 2.40. The molecule has 3 nitrogen and oxygen atoms in total. The number of amides is 1. The first-order valence-electron chi connectivity index (χ1n) is 4.20. The Bertz CT molecular complexity index is 178. The molecule has 0 heterocycles. The highest BCUT2D eigenvalue weighted by Gasteiger charge is 2.41. The minimum absolute atomic E-state index is 0.00894. The summed E-state index contributed by atoms with van der Waals surface area (Å²) in [6.45, 7) is 1.99. The fourth-order valence-corrected chi connectivity index (χ4v) is 1.81. The van der Waals surface area contributed by atoms with E-state index in [2.05, 4.69) is 21.2 Å². The summed E-state index contributed by atoms with van der Waals surface area (Å²) in [4.78, 5) is 11.4. The second-order valence-electron chi connectivity index (χ2n) is 3.38. The van der Waals surface area contributed by atoms with E-state index in [4.69, 9.17) is 5.11 Å². The van der Waals surface area contributed by atoms with Gasteiger partial charge in [0.1, 0.15) is 4.32 Å². The van der Waals surface area contributed by atoms with E-state index in [0.29, 0.717) is 6.54 Å². The maximum absolute atomic E-state index is 11.4. The molecule has 0 bridgehead atoms. The third-order valence-corrected chi connectivity index (χ3v) is 3.26. The minimum atomic E-state index is -0.467. The molecule has 0 aromatic rings. The van der Waals surface area contributed by atoms with Crippen LogP contribution in [0.3, 0.4) is 0 Å². The number of hydrogen-bond acceptors (Lipinski definition) is 2. The fraction of sp³-hybridized carbons (Fsp3) is 0.875. The zero-order chi connectivity index (χ0) is 9.19. The summed E-state index contributed by atoms with van der Waals surface area (Å²) in [5.74, 6) is 0.00894. The van der Waals surface area contributed by atoms with E-state index in [-0.39, 0.29) is 10.2 Å². The van der Waals surface area contributed by atoms with E-state index in [1.165, 1.54) is 0 Å². The van der Waals surface area contributed by atoms with Gasteiger partial charge in [0.15, 0.2) is 0 Å². The van der Waals surface area contributed by atoms with Crippen LogP contribution in [-0.4, -0.2) is 28.0 Å². The second kappa shape index (κ2) is 3.75. The first kappa shape index (κ1) is 9.99. The van der Waals surface area contributed by atoms with Gasteiger partial charge in [0.25, 0.3) is 0 Å². The molecule has 70 valence electrons. The predicted octanol–water partition coefficient (Wildman–Crippen LogP) is 0.801. The van der Waals surface area contributed by atoms with Crippen LogP contribution in [0, 0.1) is 0 Å². The molecule has 1 amide bonds. The van der Waals surface area contributed by atoms with Crippen molar-refractivity contribution >= 4 is 21.8 Å². The molecule has 12 heavy (non-hydrogen) atoms. The summed E-state index contributed by atoms with van der Waals surface area (Å²) in [5, 5.41) is 11.6. The molecule has 0 unspecified atom stereocenters. The molecule has 4 heteroatoms. The lowest BCUT2D eigenvalue weighted by atomic mass is 9.84. The maximum atomic E-state index is 11.4. The van der Waals surface area contributed by atoms with Gasteiger partial charge in [-0.1, -0.05) is 15.9 Å². The van der Waals surface area contributed by atoms with Crippen LogP contribution in [0.5, 0.6) is 0 Å². The molecule has 0 aliphatic heterocycles. The summed E-state index contributed by atoms with van der Waals surface area (Å²) in [5.41, 5.74) is 0. The maximum Gasteiger partial charge on any atom is 0.236 e. The normalized spacial score (nSPS) is 22.6. The Morgan fingerprint density at radius 3 is 2.67 bits per heavy atom. The van der Waals surface area contributed by atoms with Crippen molar-refractivity contribution < 1.29 is 9.90 Å². The van der Waals surface area contributed by atoms with Crippen LogP contribution in [0.1, 0.15) is 26.2 Å².